The van der Waals surface area contributed by atoms with E-state index in [9.17, 15) is 0 Å². The van der Waals surface area contributed by atoms with Crippen LogP contribution in [0.1, 0.15) is 16.7 Å². The lowest BCUT2D eigenvalue weighted by molar-refractivity contribution is 1.07. The Morgan fingerprint density at radius 2 is 1.20 bits per heavy atom. The molecule has 0 aliphatic heterocycles. The Hall–Kier alpha value is -7.50. The van der Waals surface area contributed by atoms with Crippen molar-refractivity contribution in [3.63, 3.8) is 0 Å². The lowest BCUT2D eigenvalue weighted by Gasteiger charge is -2.11. The molecule has 0 atom stereocenters. The summed E-state index contributed by atoms with van der Waals surface area (Å²) < 4.78 is 2.07. The van der Waals surface area contributed by atoms with E-state index in [0.717, 1.165) is 88.8 Å². The van der Waals surface area contributed by atoms with Gasteiger partial charge >= 0.3 is 0 Å². The summed E-state index contributed by atoms with van der Waals surface area (Å²) in [5.74, 6) is 0. The second-order valence-corrected chi connectivity index (χ2v) is 14.0. The normalized spacial score (nSPS) is 12.3. The third-order valence-corrected chi connectivity index (χ3v) is 10.5. The van der Waals surface area contributed by atoms with Crippen molar-refractivity contribution in [3.8, 4) is 22.4 Å². The van der Waals surface area contributed by atoms with Gasteiger partial charge in [-0.25, -0.2) is 9.97 Å². The average molecular weight is 718 g/mol. The van der Waals surface area contributed by atoms with Gasteiger partial charge in [0, 0.05) is 33.7 Å². The lowest BCUT2D eigenvalue weighted by atomic mass is 9.97. The Kier molecular flexibility index (Phi) is 8.30. The molecule has 10 rings (SSSR count). The summed E-state index contributed by atoms with van der Waals surface area (Å²) in [5.41, 5.74) is 11.6. The molecule has 3 aromatic heterocycles. The van der Waals surface area contributed by atoms with Gasteiger partial charge in [0.05, 0.1) is 23.6 Å². The average Bonchev–Trinajstić information content (AvgIpc) is 3.65. The second-order valence-electron chi connectivity index (χ2n) is 14.0. The summed E-state index contributed by atoms with van der Waals surface area (Å²) in [4.78, 5) is 19.9. The fourth-order valence-electron chi connectivity index (χ4n) is 7.69. The molecule has 0 amide bonds. The fourth-order valence-corrected chi connectivity index (χ4v) is 7.69. The van der Waals surface area contributed by atoms with E-state index in [-0.39, 0.29) is 0 Å². The smallest absolute Gasteiger partial charge is 0.165 e. The van der Waals surface area contributed by atoms with Gasteiger partial charge in [-0.2, -0.15) is 0 Å². The van der Waals surface area contributed by atoms with Gasteiger partial charge in [0.2, 0.25) is 0 Å². The van der Waals surface area contributed by atoms with Gasteiger partial charge in [-0.3, -0.25) is 14.4 Å². The van der Waals surface area contributed by atoms with Crippen LogP contribution in [0.5, 0.6) is 0 Å². The van der Waals surface area contributed by atoms with E-state index in [0.29, 0.717) is 6.54 Å². The zero-order chi connectivity index (χ0) is 37.4. The maximum Gasteiger partial charge on any atom is 0.165 e. The van der Waals surface area contributed by atoms with Gasteiger partial charge in [-0.05, 0) is 87.4 Å². The lowest BCUT2D eigenvalue weighted by Crippen LogP contribution is -2.00. The van der Waals surface area contributed by atoms with E-state index in [2.05, 4.69) is 180 Å². The zero-order valence-corrected chi connectivity index (χ0v) is 30.5. The number of hydrogen-bond acceptors (Lipinski definition) is 4. The molecule has 0 spiro atoms. The van der Waals surface area contributed by atoms with E-state index < -0.39 is 0 Å². The number of hydrogen-bond donors (Lipinski definition) is 0. The first kappa shape index (κ1) is 33.1. The Labute approximate surface area is 324 Å². The molecule has 0 saturated carbocycles. The first-order valence-electron chi connectivity index (χ1n) is 18.7. The highest BCUT2D eigenvalue weighted by atomic mass is 15.1. The fraction of sp³-hybridized carbons (Fsp3) is 0.0196. The van der Waals surface area contributed by atoms with Crippen molar-refractivity contribution in [2.75, 3.05) is 0 Å². The van der Waals surface area contributed by atoms with Crippen LogP contribution in [0.25, 0.3) is 77.2 Å². The van der Waals surface area contributed by atoms with Gasteiger partial charge in [-0.1, -0.05) is 140 Å². The molecule has 56 heavy (non-hydrogen) atoms. The van der Waals surface area contributed by atoms with Crippen LogP contribution < -0.4 is 0 Å². The molecular formula is C51H35N5. The highest BCUT2D eigenvalue weighted by molar-refractivity contribution is 6.14. The minimum Gasteiger partial charge on any atom is -0.284 e. The van der Waals surface area contributed by atoms with Crippen LogP contribution in [-0.4, -0.2) is 26.8 Å². The number of allylic oxidation sites excluding steroid dienone is 1. The SMILES string of the molecule is C=N/C(=C\C(=N/Cc1cccc(-c2cccc(-c3nc4c(nc5ccccn54)c4ccccc34)c2)c1)c1ccc2ccccc2c1)c1ccc2ccccc2c1. The molecule has 10 aromatic rings. The maximum absolute atomic E-state index is 5.26. The largest absolute Gasteiger partial charge is 0.284 e. The highest BCUT2D eigenvalue weighted by Crippen LogP contribution is 2.35. The predicted molar refractivity (Wildman–Crippen MR) is 235 cm³/mol. The Balaban J connectivity index is 1.03. The van der Waals surface area contributed by atoms with Crippen LogP contribution in [0.15, 0.2) is 198 Å². The Bertz CT molecular complexity index is 3200. The number of rotatable bonds is 8. The van der Waals surface area contributed by atoms with E-state index in [4.69, 9.17) is 15.0 Å². The van der Waals surface area contributed by atoms with Crippen molar-refractivity contribution in [1.29, 1.82) is 0 Å². The van der Waals surface area contributed by atoms with Crippen molar-refractivity contribution in [1.82, 2.24) is 14.4 Å². The van der Waals surface area contributed by atoms with Gasteiger partial charge in [0.15, 0.2) is 5.65 Å². The summed E-state index contributed by atoms with van der Waals surface area (Å²) in [7, 11) is 0. The summed E-state index contributed by atoms with van der Waals surface area (Å²) in [5, 5.41) is 6.86. The summed E-state index contributed by atoms with van der Waals surface area (Å²) in [6.45, 7) is 4.46. The van der Waals surface area contributed by atoms with E-state index in [1.807, 2.05) is 24.4 Å². The Morgan fingerprint density at radius 3 is 1.98 bits per heavy atom. The Morgan fingerprint density at radius 1 is 0.554 bits per heavy atom. The molecule has 0 radical (unpaired) electrons. The molecule has 0 fully saturated rings. The highest BCUT2D eigenvalue weighted by Gasteiger charge is 2.16. The van der Waals surface area contributed by atoms with Crippen LogP contribution in [-0.2, 0) is 6.54 Å². The van der Waals surface area contributed by atoms with Crippen LogP contribution in [0.2, 0.25) is 0 Å². The molecule has 5 nitrogen and oxygen atoms in total. The summed E-state index contributed by atoms with van der Waals surface area (Å²) in [6, 6.07) is 61.5. The quantitative estimate of drug-likeness (QED) is 0.147. The van der Waals surface area contributed by atoms with Crippen LogP contribution in [0, 0.1) is 0 Å². The number of aromatic nitrogens is 3. The first-order valence-corrected chi connectivity index (χ1v) is 18.7. The van der Waals surface area contributed by atoms with Gasteiger partial charge in [0.25, 0.3) is 0 Å². The minimum atomic E-state index is 0.492. The predicted octanol–water partition coefficient (Wildman–Crippen LogP) is 12.4. The zero-order valence-electron chi connectivity index (χ0n) is 30.5. The van der Waals surface area contributed by atoms with Crippen molar-refractivity contribution in [2.45, 2.75) is 6.54 Å². The molecule has 0 aliphatic carbocycles. The van der Waals surface area contributed by atoms with Crippen molar-refractivity contribution >= 4 is 67.3 Å². The molecule has 0 aliphatic rings. The van der Waals surface area contributed by atoms with Gasteiger partial charge in [0.1, 0.15) is 11.2 Å². The van der Waals surface area contributed by atoms with E-state index in [1.165, 1.54) is 10.8 Å². The number of imidazole rings is 1. The number of pyridine rings is 2. The molecule has 0 bridgehead atoms. The number of aliphatic imine (C=N–C) groups is 2. The second kappa shape index (κ2) is 14.0. The molecule has 7 aromatic carbocycles. The third-order valence-electron chi connectivity index (χ3n) is 10.5. The van der Waals surface area contributed by atoms with Gasteiger partial charge in [-0.15, -0.1) is 0 Å². The molecule has 5 heteroatoms. The maximum atomic E-state index is 5.26. The summed E-state index contributed by atoms with van der Waals surface area (Å²) in [6.07, 6.45) is 4.09. The number of nitrogens with zero attached hydrogens (tertiary/aromatic N) is 5. The van der Waals surface area contributed by atoms with E-state index >= 15 is 0 Å². The van der Waals surface area contributed by atoms with Crippen molar-refractivity contribution in [2.24, 2.45) is 9.98 Å². The molecule has 0 saturated heterocycles. The topological polar surface area (TPSA) is 54.9 Å². The molecule has 3 heterocycles. The van der Waals surface area contributed by atoms with Crippen LogP contribution >= 0.6 is 0 Å². The standard InChI is InChI=1S/C51H35N5/c1-52-46(41-25-23-35-13-2-4-15-38(35)29-41)32-47(42-26-24-36-14-3-5-16-39(36)30-42)53-33-34-12-10-17-37(28-34)40-18-11-19-43(31-40)49-44-20-6-7-21-45(44)50-51(55-49)56-27-9-8-22-48(56)54-50/h2-32H,1,33H2/b46-32-,53-47+. The summed E-state index contributed by atoms with van der Waals surface area (Å²) >= 11 is 0. The molecule has 264 valence electrons. The van der Waals surface area contributed by atoms with E-state index in [1.54, 1.807) is 0 Å². The first-order chi connectivity index (χ1) is 27.7. The van der Waals surface area contributed by atoms with Crippen LogP contribution in [0.4, 0.5) is 0 Å². The molecule has 0 N–H and O–H groups in total. The van der Waals surface area contributed by atoms with Crippen molar-refractivity contribution in [3.05, 3.63) is 205 Å². The number of benzene rings is 7. The van der Waals surface area contributed by atoms with Crippen LogP contribution in [0.3, 0.4) is 0 Å². The van der Waals surface area contributed by atoms with Crippen molar-refractivity contribution < 1.29 is 0 Å². The molecule has 0 unspecified atom stereocenters. The minimum absolute atomic E-state index is 0.492. The third kappa shape index (κ3) is 6.11. The van der Waals surface area contributed by atoms with Gasteiger partial charge < -0.3 is 0 Å². The molecular weight excluding hydrogens is 683 g/mol. The number of fused-ring (bicyclic) bond motifs is 7. The monoisotopic (exact) mass is 717 g/mol.